The van der Waals surface area contributed by atoms with Gasteiger partial charge in [-0.2, -0.15) is 0 Å². The van der Waals surface area contributed by atoms with E-state index in [2.05, 4.69) is 5.32 Å². The van der Waals surface area contributed by atoms with E-state index in [1.165, 1.54) is 6.07 Å². The highest BCUT2D eigenvalue weighted by Crippen LogP contribution is 2.35. The lowest BCUT2D eigenvalue weighted by Gasteiger charge is -2.39. The van der Waals surface area contributed by atoms with Gasteiger partial charge in [-0.1, -0.05) is 6.07 Å². The van der Waals surface area contributed by atoms with Crippen LogP contribution in [0.3, 0.4) is 0 Å². The molecule has 25 heavy (non-hydrogen) atoms. The summed E-state index contributed by atoms with van der Waals surface area (Å²) in [5, 5.41) is 3.08. The number of amides is 2. The van der Waals surface area contributed by atoms with Crippen molar-refractivity contribution in [1.82, 2.24) is 10.2 Å². The Morgan fingerprint density at radius 3 is 2.68 bits per heavy atom. The number of nitrogens with one attached hydrogen (secondary N) is 1. The second-order valence-corrected chi connectivity index (χ2v) is 7.36. The van der Waals surface area contributed by atoms with Crippen molar-refractivity contribution >= 4 is 6.03 Å². The van der Waals surface area contributed by atoms with Gasteiger partial charge in [-0.3, -0.25) is 0 Å². The summed E-state index contributed by atoms with van der Waals surface area (Å²) in [6, 6.07) is 4.72. The van der Waals surface area contributed by atoms with Gasteiger partial charge in [0.05, 0.1) is 19.3 Å². The highest BCUT2D eigenvalue weighted by molar-refractivity contribution is 5.75. The third-order valence-corrected chi connectivity index (χ3v) is 5.87. The number of likely N-dealkylation sites (tertiary alicyclic amines) is 1. The molecule has 0 saturated carbocycles. The molecule has 1 atom stereocenters. The number of carbonyl (C=O) groups excluding carboxylic acids is 1. The zero-order chi connectivity index (χ0) is 17.4. The van der Waals surface area contributed by atoms with Crippen molar-refractivity contribution in [2.75, 3.05) is 26.3 Å². The number of carbonyl (C=O) groups is 1. The zero-order valence-electron chi connectivity index (χ0n) is 14.6. The van der Waals surface area contributed by atoms with Crippen molar-refractivity contribution in [3.63, 3.8) is 0 Å². The van der Waals surface area contributed by atoms with E-state index in [4.69, 9.17) is 9.47 Å². The Morgan fingerprint density at radius 2 is 1.96 bits per heavy atom. The number of fused-ring (bicyclic) bond motifs is 1. The molecule has 2 aliphatic heterocycles. The van der Waals surface area contributed by atoms with E-state index in [1.54, 1.807) is 6.07 Å². The second kappa shape index (κ2) is 6.57. The Bertz CT molecular complexity index is 652. The van der Waals surface area contributed by atoms with Crippen LogP contribution in [0.5, 0.6) is 0 Å². The number of rotatable bonds is 2. The fourth-order valence-corrected chi connectivity index (χ4v) is 4.34. The smallest absolute Gasteiger partial charge is 0.317 e. The van der Waals surface area contributed by atoms with Crippen molar-refractivity contribution in [3.8, 4) is 0 Å². The first-order chi connectivity index (χ1) is 12.0. The minimum atomic E-state index is -0.496. The number of benzene rings is 1. The highest BCUT2D eigenvalue weighted by atomic mass is 19.1. The Labute approximate surface area is 147 Å². The first kappa shape index (κ1) is 16.8. The molecule has 0 unspecified atom stereocenters. The van der Waals surface area contributed by atoms with E-state index in [9.17, 15) is 9.18 Å². The van der Waals surface area contributed by atoms with Crippen molar-refractivity contribution in [2.45, 2.75) is 44.4 Å². The summed E-state index contributed by atoms with van der Waals surface area (Å²) in [6.07, 6.45) is 3.47. The predicted molar refractivity (Wildman–Crippen MR) is 90.6 cm³/mol. The molecule has 1 aliphatic carbocycles. The number of hydrogen-bond donors (Lipinski definition) is 1. The molecule has 3 aliphatic rings. The molecule has 0 aromatic heterocycles. The number of hydrogen-bond acceptors (Lipinski definition) is 3. The summed E-state index contributed by atoms with van der Waals surface area (Å²) < 4.78 is 25.0. The fraction of sp³-hybridized carbons (Fsp3) is 0.632. The van der Waals surface area contributed by atoms with E-state index in [-0.39, 0.29) is 17.9 Å². The van der Waals surface area contributed by atoms with Crippen molar-refractivity contribution in [1.29, 1.82) is 0 Å². The largest absolute Gasteiger partial charge is 0.348 e. The Balaban J connectivity index is 1.34. The van der Waals surface area contributed by atoms with Gasteiger partial charge in [0.2, 0.25) is 0 Å². The van der Waals surface area contributed by atoms with Crippen LogP contribution in [0.4, 0.5) is 9.18 Å². The van der Waals surface area contributed by atoms with Crippen LogP contribution in [0.1, 0.15) is 43.4 Å². The molecule has 5 nitrogen and oxygen atoms in total. The summed E-state index contributed by atoms with van der Waals surface area (Å²) in [5.74, 6) is -0.421. The Morgan fingerprint density at radius 1 is 1.24 bits per heavy atom. The number of nitrogens with zero attached hydrogens (tertiary/aromatic N) is 1. The summed E-state index contributed by atoms with van der Waals surface area (Å²) in [6.45, 7) is 4.69. The average molecular weight is 348 g/mol. The summed E-state index contributed by atoms with van der Waals surface area (Å²) in [4.78, 5) is 14.5. The zero-order valence-corrected chi connectivity index (χ0v) is 14.6. The maximum absolute atomic E-state index is 13.5. The lowest BCUT2D eigenvalue weighted by Crippen LogP contribution is -2.49. The van der Waals surface area contributed by atoms with E-state index >= 15 is 0 Å². The molecule has 1 N–H and O–H groups in total. The highest BCUT2D eigenvalue weighted by Gasteiger charge is 2.42. The van der Waals surface area contributed by atoms with E-state index < -0.39 is 5.79 Å². The van der Waals surface area contributed by atoms with Crippen LogP contribution >= 0.6 is 0 Å². The molecular weight excluding hydrogens is 323 g/mol. The third-order valence-electron chi connectivity index (χ3n) is 5.87. The van der Waals surface area contributed by atoms with Gasteiger partial charge in [0.25, 0.3) is 0 Å². The van der Waals surface area contributed by atoms with Crippen LogP contribution in [0.2, 0.25) is 0 Å². The molecule has 2 saturated heterocycles. The van der Waals surface area contributed by atoms with Crippen LogP contribution in [0.25, 0.3) is 0 Å². The van der Waals surface area contributed by atoms with Crippen LogP contribution in [0, 0.1) is 11.7 Å². The van der Waals surface area contributed by atoms with Gasteiger partial charge in [-0.05, 0) is 55.9 Å². The fourth-order valence-electron chi connectivity index (χ4n) is 4.34. The average Bonchev–Trinajstić information content (AvgIpc) is 3.23. The van der Waals surface area contributed by atoms with Crippen LogP contribution in [0.15, 0.2) is 18.2 Å². The van der Waals surface area contributed by atoms with E-state index in [0.717, 1.165) is 36.8 Å². The van der Waals surface area contributed by atoms with Gasteiger partial charge in [0.1, 0.15) is 5.82 Å². The number of piperidine rings is 1. The molecule has 2 amide bonds. The van der Waals surface area contributed by atoms with Crippen molar-refractivity contribution < 1.29 is 18.7 Å². The Hall–Kier alpha value is -1.66. The molecular formula is C19H25FN2O3. The molecule has 1 aromatic rings. The normalized spacial score (nSPS) is 25.8. The number of aryl methyl sites for hydroxylation is 1. The van der Waals surface area contributed by atoms with Crippen LogP contribution in [-0.4, -0.2) is 43.0 Å². The van der Waals surface area contributed by atoms with E-state index in [1.807, 2.05) is 17.9 Å². The van der Waals surface area contributed by atoms with Crippen LogP contribution < -0.4 is 5.32 Å². The number of ether oxygens (including phenoxy) is 2. The van der Waals surface area contributed by atoms with E-state index in [0.29, 0.717) is 32.2 Å². The molecule has 4 rings (SSSR count). The van der Waals surface area contributed by atoms with Gasteiger partial charge in [-0.15, -0.1) is 0 Å². The van der Waals surface area contributed by atoms with Crippen LogP contribution in [-0.2, 0) is 15.9 Å². The minimum Gasteiger partial charge on any atom is -0.348 e. The Kier molecular flexibility index (Phi) is 4.41. The molecule has 2 fully saturated rings. The number of halogens is 1. The molecule has 0 bridgehead atoms. The lowest BCUT2D eigenvalue weighted by molar-refractivity contribution is -0.189. The van der Waals surface area contributed by atoms with Crippen molar-refractivity contribution in [3.05, 3.63) is 35.1 Å². The molecule has 1 aromatic carbocycles. The predicted octanol–water partition coefficient (Wildman–Crippen LogP) is 3.00. The lowest BCUT2D eigenvalue weighted by atomic mass is 9.89. The van der Waals surface area contributed by atoms with Gasteiger partial charge < -0.3 is 19.7 Å². The molecule has 0 spiro atoms. The molecule has 2 heterocycles. The summed E-state index contributed by atoms with van der Waals surface area (Å²) in [5.41, 5.74) is 2.05. The summed E-state index contributed by atoms with van der Waals surface area (Å²) in [7, 11) is 0. The van der Waals surface area contributed by atoms with Gasteiger partial charge >= 0.3 is 6.03 Å². The van der Waals surface area contributed by atoms with Gasteiger partial charge in [0.15, 0.2) is 5.79 Å². The standard InChI is InChI=1S/C19H25FN2O3/c1-19(24-10-11-25-19)14-6-8-22(9-7-14)18(23)21-17-5-3-13-2-4-15(20)12-16(13)17/h2,4,12,14,17H,3,5-11H2,1H3,(H,21,23)/t17-/m0/s1. The van der Waals surface area contributed by atoms with Crippen molar-refractivity contribution in [2.24, 2.45) is 5.92 Å². The second-order valence-electron chi connectivity index (χ2n) is 7.36. The summed E-state index contributed by atoms with van der Waals surface area (Å²) >= 11 is 0. The molecule has 136 valence electrons. The molecule has 6 heteroatoms. The SMILES string of the molecule is CC1(C2CCN(C(=O)N[C@H]3CCc4ccc(F)cc43)CC2)OCCO1. The first-order valence-electron chi connectivity index (χ1n) is 9.17. The topological polar surface area (TPSA) is 50.8 Å². The monoisotopic (exact) mass is 348 g/mol. The minimum absolute atomic E-state index is 0.0565. The maximum Gasteiger partial charge on any atom is 0.317 e. The molecule has 0 radical (unpaired) electrons. The quantitative estimate of drug-likeness (QED) is 0.894. The van der Waals surface area contributed by atoms with Gasteiger partial charge in [0, 0.05) is 19.0 Å². The number of urea groups is 1. The first-order valence-corrected chi connectivity index (χ1v) is 9.17. The maximum atomic E-state index is 13.5. The third kappa shape index (κ3) is 3.25. The van der Waals surface area contributed by atoms with Gasteiger partial charge in [-0.25, -0.2) is 9.18 Å².